The number of nitrogens with one attached hydrogen (secondary N) is 2. The van der Waals surface area contributed by atoms with Crippen molar-refractivity contribution in [2.24, 2.45) is 17.8 Å². The molecule has 0 spiro atoms. The van der Waals surface area contributed by atoms with E-state index in [4.69, 9.17) is 19.0 Å². The van der Waals surface area contributed by atoms with Gasteiger partial charge in [0.1, 0.15) is 0 Å². The van der Waals surface area contributed by atoms with Crippen LogP contribution in [-0.4, -0.2) is 81.0 Å². The number of rotatable bonds is 22. The maximum atomic E-state index is 12.0. The number of carbonyl (C=O) groups excluding carboxylic acids is 5. The van der Waals surface area contributed by atoms with Crippen LogP contribution in [0.4, 0.5) is 4.79 Å². The fraction of sp³-hybridized carbons (Fsp3) is 0.750. The number of ether oxygens (including phenoxy) is 3. The van der Waals surface area contributed by atoms with Gasteiger partial charge in [-0.2, -0.15) is 0 Å². The van der Waals surface area contributed by atoms with Crippen molar-refractivity contribution in [3.63, 3.8) is 0 Å². The summed E-state index contributed by atoms with van der Waals surface area (Å²) in [6, 6.07) is 0. The summed E-state index contributed by atoms with van der Waals surface area (Å²) in [4.78, 5) is 63.1. The first-order valence-corrected chi connectivity index (χ1v) is 14.4. The van der Waals surface area contributed by atoms with Crippen molar-refractivity contribution in [2.75, 3.05) is 46.1 Å². The lowest BCUT2D eigenvalue weighted by molar-refractivity contribution is -0.197. The molecule has 1 saturated carbocycles. The second-order valence-electron chi connectivity index (χ2n) is 10.00. The summed E-state index contributed by atoms with van der Waals surface area (Å²) < 4.78 is 16.2. The van der Waals surface area contributed by atoms with Crippen molar-refractivity contribution in [2.45, 2.75) is 71.1 Å². The van der Waals surface area contributed by atoms with Gasteiger partial charge in [0.05, 0.1) is 33.0 Å². The number of hydrogen-bond donors (Lipinski definition) is 2. The molecule has 2 rings (SSSR count). The Morgan fingerprint density at radius 2 is 1.55 bits per heavy atom. The van der Waals surface area contributed by atoms with Gasteiger partial charge in [0.2, 0.25) is 5.91 Å². The van der Waals surface area contributed by atoms with Gasteiger partial charge in [-0.05, 0) is 43.4 Å². The van der Waals surface area contributed by atoms with E-state index in [2.05, 4.69) is 24.1 Å². The highest BCUT2D eigenvalue weighted by Crippen LogP contribution is 2.52. The lowest BCUT2D eigenvalue weighted by atomic mass is 10.1. The van der Waals surface area contributed by atoms with Gasteiger partial charge in [-0.1, -0.05) is 25.8 Å². The largest absolute Gasteiger partial charge is 0.449 e. The predicted octanol–water partition coefficient (Wildman–Crippen LogP) is 2.66. The van der Waals surface area contributed by atoms with Crippen LogP contribution in [0.25, 0.3) is 0 Å². The maximum absolute atomic E-state index is 12.0. The van der Waals surface area contributed by atoms with E-state index < -0.39 is 23.9 Å². The quantitative estimate of drug-likeness (QED) is 0.114. The summed E-state index contributed by atoms with van der Waals surface area (Å²) in [6.45, 7) is 8.43. The van der Waals surface area contributed by atoms with E-state index >= 15 is 0 Å². The third-order valence-corrected chi connectivity index (χ3v) is 6.95. The maximum Gasteiger partial charge on any atom is 0.407 e. The molecule has 3 atom stereocenters. The van der Waals surface area contributed by atoms with Crippen molar-refractivity contribution >= 4 is 29.8 Å². The monoisotopic (exact) mass is 567 g/mol. The van der Waals surface area contributed by atoms with Crippen LogP contribution < -0.4 is 10.6 Å². The molecule has 40 heavy (non-hydrogen) atoms. The second kappa shape index (κ2) is 19.1. The average Bonchev–Trinajstić information content (AvgIpc) is 3.52. The first-order valence-electron chi connectivity index (χ1n) is 14.4. The van der Waals surface area contributed by atoms with Crippen molar-refractivity contribution in [3.05, 3.63) is 12.7 Å². The summed E-state index contributed by atoms with van der Waals surface area (Å²) in [7, 11) is 0. The summed E-state index contributed by atoms with van der Waals surface area (Å²) >= 11 is 0. The zero-order chi connectivity index (χ0) is 29.2. The highest BCUT2D eigenvalue weighted by molar-refractivity contribution is 6.01. The molecule has 1 aliphatic heterocycles. The lowest BCUT2D eigenvalue weighted by Crippen LogP contribution is -2.32. The Labute approximate surface area is 236 Å². The van der Waals surface area contributed by atoms with E-state index in [1.54, 1.807) is 0 Å². The molecule has 0 radical (unpaired) electrons. The minimum absolute atomic E-state index is 0.0357. The molecule has 2 fully saturated rings. The number of hydroxylamine groups is 2. The first-order chi connectivity index (χ1) is 19.4. The van der Waals surface area contributed by atoms with Crippen LogP contribution in [0.1, 0.15) is 71.1 Å². The smallest absolute Gasteiger partial charge is 0.407 e. The van der Waals surface area contributed by atoms with Crippen LogP contribution >= 0.6 is 0 Å². The molecule has 2 N–H and O–H groups in total. The Morgan fingerprint density at radius 3 is 2.20 bits per heavy atom. The van der Waals surface area contributed by atoms with Crippen LogP contribution in [0.2, 0.25) is 0 Å². The molecule has 2 aliphatic rings. The predicted molar refractivity (Wildman–Crippen MR) is 144 cm³/mol. The molecule has 1 saturated heterocycles. The van der Waals surface area contributed by atoms with Crippen LogP contribution in [-0.2, 0) is 38.2 Å². The van der Waals surface area contributed by atoms with Crippen molar-refractivity contribution < 1.29 is 43.0 Å². The van der Waals surface area contributed by atoms with Gasteiger partial charge in [0, 0.05) is 38.8 Å². The average molecular weight is 568 g/mol. The van der Waals surface area contributed by atoms with Crippen LogP contribution in [0.5, 0.6) is 0 Å². The molecule has 1 heterocycles. The summed E-state index contributed by atoms with van der Waals surface area (Å²) in [5.41, 5.74) is 0. The molecule has 0 bridgehead atoms. The summed E-state index contributed by atoms with van der Waals surface area (Å²) in [5.74, 6) is -0.300. The fourth-order valence-electron chi connectivity index (χ4n) is 4.70. The van der Waals surface area contributed by atoms with Gasteiger partial charge < -0.3 is 29.7 Å². The van der Waals surface area contributed by atoms with Gasteiger partial charge in [-0.3, -0.25) is 14.4 Å². The number of hydrogen-bond acceptors (Lipinski definition) is 9. The van der Waals surface area contributed by atoms with E-state index in [-0.39, 0.29) is 38.0 Å². The number of amides is 4. The topological polar surface area (TPSA) is 150 Å². The molecular formula is C28H45N3O9. The van der Waals surface area contributed by atoms with E-state index in [1.165, 1.54) is 19.3 Å². The molecule has 226 valence electrons. The van der Waals surface area contributed by atoms with Gasteiger partial charge in [0.15, 0.2) is 0 Å². The van der Waals surface area contributed by atoms with Crippen molar-refractivity contribution in [3.8, 4) is 0 Å². The standard InChI is InChI=1S/C28H45N3O9/c1-3-5-8-21-22(9-6-4-2)23(21)20-39-28(36)30-15-17-38-19-18-37-16-14-29-24(32)10-7-11-27(35)40-31-25(33)12-13-26(31)34/h3,21-23H,1,4-20H2,2H3,(H,29,32)(H,30,36)/t21-,22+,23-/m0/s1. The van der Waals surface area contributed by atoms with E-state index in [0.717, 1.165) is 12.8 Å². The van der Waals surface area contributed by atoms with Gasteiger partial charge >= 0.3 is 12.1 Å². The molecule has 0 unspecified atom stereocenters. The van der Waals surface area contributed by atoms with Gasteiger partial charge in [0.25, 0.3) is 11.8 Å². The number of unbranched alkanes of at least 4 members (excludes halogenated alkanes) is 1. The zero-order valence-electron chi connectivity index (χ0n) is 23.7. The van der Waals surface area contributed by atoms with E-state index in [1.807, 2.05) is 6.08 Å². The zero-order valence-corrected chi connectivity index (χ0v) is 23.7. The number of nitrogens with zero attached hydrogens (tertiary/aromatic N) is 1. The van der Waals surface area contributed by atoms with E-state index in [9.17, 15) is 24.0 Å². The normalized spacial score (nSPS) is 19.8. The van der Waals surface area contributed by atoms with Crippen molar-refractivity contribution in [1.82, 2.24) is 15.7 Å². The minimum Gasteiger partial charge on any atom is -0.449 e. The molecule has 12 nitrogen and oxygen atoms in total. The molecule has 0 aromatic carbocycles. The minimum atomic E-state index is -0.728. The highest BCUT2D eigenvalue weighted by Gasteiger charge is 2.48. The Hall–Kier alpha value is -2.99. The summed E-state index contributed by atoms with van der Waals surface area (Å²) in [5, 5.41) is 5.87. The Kier molecular flexibility index (Phi) is 15.9. The third-order valence-electron chi connectivity index (χ3n) is 6.95. The van der Waals surface area contributed by atoms with Crippen LogP contribution in [0.15, 0.2) is 12.7 Å². The Balaban J connectivity index is 1.37. The number of imide groups is 1. The van der Waals surface area contributed by atoms with Crippen molar-refractivity contribution in [1.29, 1.82) is 0 Å². The molecular weight excluding hydrogens is 522 g/mol. The van der Waals surface area contributed by atoms with Gasteiger partial charge in [-0.25, -0.2) is 9.59 Å². The lowest BCUT2D eigenvalue weighted by Gasteiger charge is -2.12. The third kappa shape index (κ3) is 12.9. The molecule has 1 aliphatic carbocycles. The number of carbonyl (C=O) groups is 5. The molecule has 12 heteroatoms. The summed E-state index contributed by atoms with van der Waals surface area (Å²) in [6.07, 6.45) is 7.55. The second-order valence-corrected chi connectivity index (χ2v) is 10.00. The van der Waals surface area contributed by atoms with Gasteiger partial charge in [-0.15, -0.1) is 11.6 Å². The van der Waals surface area contributed by atoms with Crippen LogP contribution in [0, 0.1) is 17.8 Å². The molecule has 4 amide bonds. The molecule has 0 aromatic heterocycles. The fourth-order valence-corrected chi connectivity index (χ4v) is 4.70. The SMILES string of the molecule is C=CCC[C@H]1[C@@H](CCCC)[C@H]1COC(=O)NCCOCCOCCNC(=O)CCCC(=O)ON1C(=O)CCC1=O. The van der Waals surface area contributed by atoms with Crippen LogP contribution in [0.3, 0.4) is 0 Å². The molecule has 0 aromatic rings. The first kappa shape index (κ1) is 33.2. The van der Waals surface area contributed by atoms with E-state index in [0.29, 0.717) is 68.9 Å². The highest BCUT2D eigenvalue weighted by atomic mass is 16.7. The number of alkyl carbamates (subject to hydrolysis) is 1. The Morgan fingerprint density at radius 1 is 0.900 bits per heavy atom. The number of allylic oxidation sites excluding steroid dienone is 1. The Bertz CT molecular complexity index is 835.